The molecule has 1 N–H and O–H groups in total. The first kappa shape index (κ1) is 30.8. The summed E-state index contributed by atoms with van der Waals surface area (Å²) in [7, 11) is 1.60. The lowest BCUT2D eigenvalue weighted by molar-refractivity contribution is -0.157. The van der Waals surface area contributed by atoms with Gasteiger partial charge in [-0.1, -0.05) is 66.6 Å². The van der Waals surface area contributed by atoms with Crippen LogP contribution in [-0.2, 0) is 29.1 Å². The number of nitrogens with one attached hydrogen (secondary N) is 1. The molecule has 0 bridgehead atoms. The highest BCUT2D eigenvalue weighted by Gasteiger charge is 2.52. The van der Waals surface area contributed by atoms with Gasteiger partial charge in [-0.3, -0.25) is 9.59 Å². The van der Waals surface area contributed by atoms with Crippen LogP contribution in [0.3, 0.4) is 0 Å². The summed E-state index contributed by atoms with van der Waals surface area (Å²) in [4.78, 5) is 45.3. The smallest absolute Gasteiger partial charge is 0.333 e. The predicted octanol–water partition coefficient (Wildman–Crippen LogP) is 4.78. The number of furan rings is 1. The van der Waals surface area contributed by atoms with Crippen molar-refractivity contribution in [2.45, 2.75) is 31.7 Å². The highest BCUT2D eigenvalue weighted by Crippen LogP contribution is 2.32. The number of methoxy groups -OCH3 is 1. The molecule has 0 aliphatic carbocycles. The van der Waals surface area contributed by atoms with Crippen molar-refractivity contribution < 1.29 is 23.5 Å². The van der Waals surface area contributed by atoms with Crippen molar-refractivity contribution in [2.24, 2.45) is 0 Å². The van der Waals surface area contributed by atoms with E-state index in [9.17, 15) is 14.4 Å². The quantitative estimate of drug-likeness (QED) is 0.233. The topological polar surface area (TPSA) is 98.6 Å². The van der Waals surface area contributed by atoms with Crippen LogP contribution in [0.5, 0.6) is 5.75 Å². The Morgan fingerprint density at radius 1 is 1.00 bits per heavy atom. The number of hydrogen-bond donors (Lipinski definition) is 1. The molecule has 2 fully saturated rings. The van der Waals surface area contributed by atoms with Gasteiger partial charge in [-0.25, -0.2) is 9.80 Å². The third kappa shape index (κ3) is 5.92. The Morgan fingerprint density at radius 3 is 2.60 bits per heavy atom. The van der Waals surface area contributed by atoms with Crippen molar-refractivity contribution in [2.75, 3.05) is 26.7 Å². The van der Waals surface area contributed by atoms with Crippen LogP contribution in [0.15, 0.2) is 102 Å². The van der Waals surface area contributed by atoms with Gasteiger partial charge in [0, 0.05) is 24.9 Å². The van der Waals surface area contributed by atoms with Crippen LogP contribution in [0.25, 0.3) is 21.7 Å². The molecular formula is C38H35N5O5. The molecular weight excluding hydrogens is 606 g/mol. The van der Waals surface area contributed by atoms with Crippen molar-refractivity contribution in [3.05, 3.63) is 114 Å². The molecule has 0 saturated carbocycles. The SMILES string of the molecule is C#CCN(C(=O)NCc1ccc(OC)cc1)N1CC(=O)N2[C@@H](Cc3ccc4occc4c3)C(=O)N(Cc3cccc4ccccc34)C[C@@H]21. The number of piperazine rings is 1. The summed E-state index contributed by atoms with van der Waals surface area (Å²) in [6.07, 6.45) is 7.10. The molecule has 0 unspecified atom stereocenters. The molecule has 242 valence electrons. The van der Waals surface area contributed by atoms with Crippen LogP contribution < -0.4 is 10.1 Å². The predicted molar refractivity (Wildman–Crippen MR) is 181 cm³/mol. The van der Waals surface area contributed by atoms with E-state index in [1.807, 2.05) is 84.9 Å². The van der Waals surface area contributed by atoms with Crippen LogP contribution >= 0.6 is 0 Å². The van der Waals surface area contributed by atoms with E-state index in [1.54, 1.807) is 28.2 Å². The molecule has 2 saturated heterocycles. The van der Waals surface area contributed by atoms with Crippen molar-refractivity contribution in [3.8, 4) is 18.1 Å². The molecule has 4 aromatic carbocycles. The second kappa shape index (κ2) is 13.1. The highest BCUT2D eigenvalue weighted by molar-refractivity contribution is 5.93. The lowest BCUT2D eigenvalue weighted by Crippen LogP contribution is -2.66. The summed E-state index contributed by atoms with van der Waals surface area (Å²) in [5.41, 5.74) is 3.53. The Morgan fingerprint density at radius 2 is 1.79 bits per heavy atom. The van der Waals surface area contributed by atoms with Gasteiger partial charge in [0.25, 0.3) is 0 Å². The third-order valence-corrected chi connectivity index (χ3v) is 9.14. The number of urea groups is 1. The van der Waals surface area contributed by atoms with Gasteiger partial charge in [-0.05, 0) is 57.8 Å². The van der Waals surface area contributed by atoms with Gasteiger partial charge < -0.3 is 24.3 Å². The molecule has 4 amide bonds. The molecule has 3 heterocycles. The van der Waals surface area contributed by atoms with Gasteiger partial charge >= 0.3 is 6.03 Å². The molecule has 0 radical (unpaired) electrons. The maximum absolute atomic E-state index is 14.4. The van der Waals surface area contributed by atoms with Gasteiger partial charge in [0.1, 0.15) is 23.5 Å². The summed E-state index contributed by atoms with van der Waals surface area (Å²) >= 11 is 0. The van der Waals surface area contributed by atoms with Crippen LogP contribution in [-0.4, -0.2) is 76.6 Å². The fraction of sp³-hybridized carbons (Fsp3) is 0.237. The van der Waals surface area contributed by atoms with Crippen molar-refractivity contribution in [1.82, 2.24) is 25.1 Å². The van der Waals surface area contributed by atoms with Crippen LogP contribution in [0, 0.1) is 12.3 Å². The number of amides is 4. The molecule has 0 spiro atoms. The number of terminal acetylenes is 1. The van der Waals surface area contributed by atoms with Crippen LogP contribution in [0.2, 0.25) is 0 Å². The molecule has 10 heteroatoms. The van der Waals surface area contributed by atoms with Crippen LogP contribution in [0.1, 0.15) is 16.7 Å². The number of hydrazine groups is 1. The second-order valence-corrected chi connectivity index (χ2v) is 12.0. The number of carbonyl (C=O) groups is 3. The van der Waals surface area contributed by atoms with E-state index >= 15 is 0 Å². The minimum Gasteiger partial charge on any atom is -0.497 e. The Labute approximate surface area is 278 Å². The van der Waals surface area contributed by atoms with Crippen molar-refractivity contribution in [3.63, 3.8) is 0 Å². The van der Waals surface area contributed by atoms with Crippen molar-refractivity contribution in [1.29, 1.82) is 0 Å². The maximum atomic E-state index is 14.4. The standard InChI is InChI=1S/C38H35N5O5/c1-3-18-41(38(46)39-22-26-11-14-31(47-2)15-12-26)42-25-36(44)43-33(21-27-13-16-34-29(20-27)17-19-48-34)37(45)40(24-35(42)43)23-30-9-6-8-28-7-4-5-10-32(28)30/h1,4-17,19-20,33,35H,18,21-25H2,2H3,(H,39,46)/t33-,35+/m0/s1. The first-order chi connectivity index (χ1) is 23.4. The van der Waals surface area contributed by atoms with Crippen LogP contribution in [0.4, 0.5) is 4.79 Å². The normalized spacial score (nSPS) is 17.8. The summed E-state index contributed by atoms with van der Waals surface area (Å²) in [5, 5.41) is 9.12. The van der Waals surface area contributed by atoms with Gasteiger partial charge in [-0.15, -0.1) is 6.42 Å². The Bertz CT molecular complexity index is 2030. The van der Waals surface area contributed by atoms with E-state index < -0.39 is 18.2 Å². The van der Waals surface area contributed by atoms with E-state index in [4.69, 9.17) is 15.6 Å². The number of hydrogen-bond acceptors (Lipinski definition) is 6. The van der Waals surface area contributed by atoms with Crippen molar-refractivity contribution >= 4 is 39.6 Å². The molecule has 2 atom stereocenters. The molecule has 1 aromatic heterocycles. The van der Waals surface area contributed by atoms with Gasteiger partial charge in [0.2, 0.25) is 11.8 Å². The lowest BCUT2D eigenvalue weighted by atomic mass is 9.98. The Balaban J connectivity index is 1.20. The molecule has 2 aliphatic heterocycles. The zero-order chi connectivity index (χ0) is 33.2. The van der Waals surface area contributed by atoms with E-state index in [2.05, 4.69) is 17.3 Å². The minimum absolute atomic E-state index is 0.0504. The number of fused-ring (bicyclic) bond motifs is 3. The fourth-order valence-electron chi connectivity index (χ4n) is 6.77. The summed E-state index contributed by atoms with van der Waals surface area (Å²) in [6, 6.07) is 28.0. The zero-order valence-corrected chi connectivity index (χ0v) is 26.5. The molecule has 48 heavy (non-hydrogen) atoms. The number of carbonyl (C=O) groups excluding carboxylic acids is 3. The number of nitrogens with zero attached hydrogens (tertiary/aromatic N) is 4. The molecule has 2 aliphatic rings. The van der Waals surface area contributed by atoms with E-state index in [-0.39, 0.29) is 38.0 Å². The number of benzene rings is 4. The number of rotatable bonds is 9. The number of ether oxygens (including phenoxy) is 1. The first-order valence-electron chi connectivity index (χ1n) is 15.8. The maximum Gasteiger partial charge on any atom is 0.333 e. The minimum atomic E-state index is -0.782. The van der Waals surface area contributed by atoms with Gasteiger partial charge in [-0.2, -0.15) is 5.01 Å². The average Bonchev–Trinajstić information content (AvgIpc) is 3.71. The third-order valence-electron chi connectivity index (χ3n) is 9.14. The lowest BCUT2D eigenvalue weighted by Gasteiger charge is -2.46. The first-order valence-corrected chi connectivity index (χ1v) is 15.8. The summed E-state index contributed by atoms with van der Waals surface area (Å²) in [6.45, 7) is 0.672. The van der Waals surface area contributed by atoms with E-state index in [0.717, 1.165) is 38.4 Å². The zero-order valence-electron chi connectivity index (χ0n) is 26.5. The summed E-state index contributed by atoms with van der Waals surface area (Å²) in [5.74, 6) is 2.92. The fourth-order valence-corrected chi connectivity index (χ4v) is 6.77. The monoisotopic (exact) mass is 641 g/mol. The highest BCUT2D eigenvalue weighted by atomic mass is 16.5. The largest absolute Gasteiger partial charge is 0.497 e. The Hall–Kier alpha value is -5.79. The summed E-state index contributed by atoms with van der Waals surface area (Å²) < 4.78 is 10.8. The van der Waals surface area contributed by atoms with Gasteiger partial charge in [0.05, 0.1) is 33.0 Å². The average molecular weight is 642 g/mol. The van der Waals surface area contributed by atoms with E-state index in [1.165, 1.54) is 5.01 Å². The molecule has 7 rings (SSSR count). The molecule has 5 aromatic rings. The van der Waals surface area contributed by atoms with Gasteiger partial charge in [0.15, 0.2) is 0 Å². The Kier molecular flexibility index (Phi) is 8.44. The van der Waals surface area contributed by atoms with E-state index in [0.29, 0.717) is 18.7 Å². The molecule has 10 nitrogen and oxygen atoms in total. The second-order valence-electron chi connectivity index (χ2n) is 12.0.